The van der Waals surface area contributed by atoms with E-state index in [0.29, 0.717) is 25.8 Å². The van der Waals surface area contributed by atoms with Gasteiger partial charge in [0.2, 0.25) is 10.0 Å². The second-order valence-corrected chi connectivity index (χ2v) is 8.62. The van der Waals surface area contributed by atoms with Gasteiger partial charge in [0.1, 0.15) is 0 Å². The maximum atomic E-state index is 12.8. The van der Waals surface area contributed by atoms with Gasteiger partial charge in [-0.05, 0) is 44.2 Å². The number of ether oxygens (including phenoxy) is 1. The first kappa shape index (κ1) is 19.7. The van der Waals surface area contributed by atoms with E-state index in [1.807, 2.05) is 31.2 Å². The van der Waals surface area contributed by atoms with Crippen molar-refractivity contribution in [3.05, 3.63) is 48.0 Å². The van der Waals surface area contributed by atoms with Crippen molar-refractivity contribution in [1.82, 2.24) is 4.31 Å². The SMILES string of the molecule is C=CCS(=O)(=O)N1CCC[C@@](Cc2ccccc2C)(C(=O)OCC)C1. The van der Waals surface area contributed by atoms with E-state index in [4.69, 9.17) is 4.74 Å². The van der Waals surface area contributed by atoms with Crippen LogP contribution in [0.1, 0.15) is 30.9 Å². The van der Waals surface area contributed by atoms with E-state index in [2.05, 4.69) is 6.58 Å². The van der Waals surface area contributed by atoms with Crippen molar-refractivity contribution in [2.75, 3.05) is 25.4 Å². The predicted molar refractivity (Wildman–Crippen MR) is 98.7 cm³/mol. The molecule has 0 unspecified atom stereocenters. The molecule has 1 fully saturated rings. The molecule has 1 saturated heterocycles. The summed E-state index contributed by atoms with van der Waals surface area (Å²) >= 11 is 0. The molecule has 0 bridgehead atoms. The molecule has 25 heavy (non-hydrogen) atoms. The molecule has 5 nitrogen and oxygen atoms in total. The number of sulfonamides is 1. The van der Waals surface area contributed by atoms with Crippen molar-refractivity contribution >= 4 is 16.0 Å². The van der Waals surface area contributed by atoms with Crippen LogP contribution in [0.2, 0.25) is 0 Å². The molecular weight excluding hydrogens is 338 g/mol. The summed E-state index contributed by atoms with van der Waals surface area (Å²) in [6.45, 7) is 8.18. The summed E-state index contributed by atoms with van der Waals surface area (Å²) < 4.78 is 31.7. The Bertz CT molecular complexity index is 729. The van der Waals surface area contributed by atoms with Gasteiger partial charge in [-0.1, -0.05) is 30.3 Å². The molecule has 0 aliphatic carbocycles. The molecule has 0 spiro atoms. The Balaban J connectivity index is 2.37. The minimum absolute atomic E-state index is 0.115. The van der Waals surface area contributed by atoms with Crippen molar-refractivity contribution in [1.29, 1.82) is 0 Å². The summed E-state index contributed by atoms with van der Waals surface area (Å²) in [7, 11) is -3.45. The molecule has 0 aromatic heterocycles. The second kappa shape index (κ2) is 8.15. The van der Waals surface area contributed by atoms with Crippen molar-refractivity contribution in [2.45, 2.75) is 33.1 Å². The monoisotopic (exact) mass is 365 g/mol. The first-order valence-corrected chi connectivity index (χ1v) is 10.3. The minimum atomic E-state index is -3.45. The average molecular weight is 365 g/mol. The molecule has 1 aliphatic heterocycles. The van der Waals surface area contributed by atoms with E-state index in [1.165, 1.54) is 10.4 Å². The van der Waals surface area contributed by atoms with Crippen LogP contribution in [-0.4, -0.2) is 44.1 Å². The molecule has 0 radical (unpaired) electrons. The zero-order valence-electron chi connectivity index (χ0n) is 15.0. The molecule has 2 rings (SSSR count). The first-order valence-electron chi connectivity index (χ1n) is 8.65. The van der Waals surface area contributed by atoms with Crippen LogP contribution in [-0.2, 0) is 26.0 Å². The van der Waals surface area contributed by atoms with Gasteiger partial charge >= 0.3 is 5.97 Å². The summed E-state index contributed by atoms with van der Waals surface area (Å²) in [5, 5.41) is 0. The summed E-state index contributed by atoms with van der Waals surface area (Å²) in [5.74, 6) is -0.423. The Hall–Kier alpha value is -1.66. The highest BCUT2D eigenvalue weighted by Crippen LogP contribution is 2.37. The lowest BCUT2D eigenvalue weighted by Gasteiger charge is -2.40. The Morgan fingerprint density at radius 3 is 2.76 bits per heavy atom. The van der Waals surface area contributed by atoms with Gasteiger partial charge in [0.15, 0.2) is 0 Å². The number of carbonyl (C=O) groups is 1. The van der Waals surface area contributed by atoms with Crippen molar-refractivity contribution in [3.8, 4) is 0 Å². The lowest BCUT2D eigenvalue weighted by molar-refractivity contribution is -0.157. The maximum absolute atomic E-state index is 12.8. The number of esters is 1. The smallest absolute Gasteiger partial charge is 0.313 e. The fraction of sp³-hybridized carbons (Fsp3) is 0.526. The molecule has 1 aromatic carbocycles. The molecule has 138 valence electrons. The van der Waals surface area contributed by atoms with E-state index >= 15 is 0 Å². The molecule has 1 aromatic rings. The number of benzene rings is 1. The maximum Gasteiger partial charge on any atom is 0.313 e. The van der Waals surface area contributed by atoms with Gasteiger partial charge in [-0.25, -0.2) is 12.7 Å². The van der Waals surface area contributed by atoms with Crippen LogP contribution in [0.4, 0.5) is 0 Å². The van der Waals surface area contributed by atoms with E-state index in [-0.39, 0.29) is 24.9 Å². The van der Waals surface area contributed by atoms with Crippen molar-refractivity contribution < 1.29 is 17.9 Å². The quantitative estimate of drug-likeness (QED) is 0.550. The number of aryl methyl sites for hydroxylation is 1. The lowest BCUT2D eigenvalue weighted by atomic mass is 9.75. The Labute approximate surface area is 150 Å². The fourth-order valence-corrected chi connectivity index (χ4v) is 4.78. The van der Waals surface area contributed by atoms with Gasteiger partial charge in [0.05, 0.1) is 17.8 Å². The van der Waals surface area contributed by atoms with Gasteiger partial charge in [-0.3, -0.25) is 4.79 Å². The number of hydrogen-bond acceptors (Lipinski definition) is 4. The van der Waals surface area contributed by atoms with Crippen LogP contribution in [0, 0.1) is 12.3 Å². The second-order valence-electron chi connectivity index (χ2n) is 6.61. The van der Waals surface area contributed by atoms with E-state index in [0.717, 1.165) is 11.1 Å². The molecule has 0 saturated carbocycles. The Kier molecular flexibility index (Phi) is 6.41. The topological polar surface area (TPSA) is 63.7 Å². The third kappa shape index (κ3) is 4.50. The Morgan fingerprint density at radius 2 is 2.12 bits per heavy atom. The summed E-state index contributed by atoms with van der Waals surface area (Å²) in [6.07, 6.45) is 3.14. The molecule has 1 heterocycles. The first-order chi connectivity index (χ1) is 11.8. The summed E-state index contributed by atoms with van der Waals surface area (Å²) in [4.78, 5) is 12.8. The standard InChI is InChI=1S/C19H27NO4S/c1-4-13-25(22,23)20-12-8-11-19(15-20,18(21)24-5-2)14-17-10-7-6-9-16(17)3/h4,6-7,9-10H,1,5,8,11-15H2,2-3H3/t19-/m0/s1. The molecule has 0 N–H and O–H groups in total. The molecule has 0 amide bonds. The van der Waals surface area contributed by atoms with Gasteiger partial charge in [-0.15, -0.1) is 6.58 Å². The normalized spacial score (nSPS) is 21.7. The molecule has 1 atom stereocenters. The number of piperidine rings is 1. The number of rotatable bonds is 7. The van der Waals surface area contributed by atoms with Gasteiger partial charge < -0.3 is 4.74 Å². The Morgan fingerprint density at radius 1 is 1.40 bits per heavy atom. The van der Waals surface area contributed by atoms with Crippen LogP contribution >= 0.6 is 0 Å². The average Bonchev–Trinajstić information content (AvgIpc) is 2.57. The number of hydrogen-bond donors (Lipinski definition) is 0. The van der Waals surface area contributed by atoms with Crippen LogP contribution < -0.4 is 0 Å². The van der Waals surface area contributed by atoms with Crippen molar-refractivity contribution in [3.63, 3.8) is 0 Å². The van der Waals surface area contributed by atoms with E-state index in [9.17, 15) is 13.2 Å². The minimum Gasteiger partial charge on any atom is -0.466 e. The highest BCUT2D eigenvalue weighted by molar-refractivity contribution is 7.89. The number of carbonyl (C=O) groups excluding carboxylic acids is 1. The summed E-state index contributed by atoms with van der Waals surface area (Å²) in [6, 6.07) is 7.89. The molecule has 6 heteroatoms. The van der Waals surface area contributed by atoms with Gasteiger partial charge in [0.25, 0.3) is 0 Å². The number of nitrogens with zero attached hydrogens (tertiary/aromatic N) is 1. The fourth-order valence-electron chi connectivity index (χ4n) is 3.42. The highest BCUT2D eigenvalue weighted by Gasteiger charge is 2.46. The third-order valence-electron chi connectivity index (χ3n) is 4.76. The lowest BCUT2D eigenvalue weighted by Crippen LogP contribution is -2.52. The van der Waals surface area contributed by atoms with Crippen LogP contribution in [0.15, 0.2) is 36.9 Å². The van der Waals surface area contributed by atoms with Crippen LogP contribution in [0.3, 0.4) is 0 Å². The third-order valence-corrected chi connectivity index (χ3v) is 6.52. The molecular formula is C19H27NO4S. The van der Waals surface area contributed by atoms with Gasteiger partial charge in [0, 0.05) is 13.1 Å². The van der Waals surface area contributed by atoms with Gasteiger partial charge in [-0.2, -0.15) is 0 Å². The largest absolute Gasteiger partial charge is 0.466 e. The van der Waals surface area contributed by atoms with Crippen LogP contribution in [0.5, 0.6) is 0 Å². The predicted octanol–water partition coefficient (Wildman–Crippen LogP) is 2.70. The zero-order chi connectivity index (χ0) is 18.5. The van der Waals surface area contributed by atoms with E-state index in [1.54, 1.807) is 6.92 Å². The zero-order valence-corrected chi connectivity index (χ0v) is 15.8. The highest BCUT2D eigenvalue weighted by atomic mass is 32.2. The van der Waals surface area contributed by atoms with Crippen LogP contribution in [0.25, 0.3) is 0 Å². The summed E-state index contributed by atoms with van der Waals surface area (Å²) in [5.41, 5.74) is 1.31. The van der Waals surface area contributed by atoms with Crippen molar-refractivity contribution in [2.24, 2.45) is 5.41 Å². The van der Waals surface area contributed by atoms with E-state index < -0.39 is 15.4 Å². The molecule has 1 aliphatic rings.